The Morgan fingerprint density at radius 3 is 2.83 bits per heavy atom. The molecule has 0 aliphatic carbocycles. The monoisotopic (exact) mass is 392 g/mol. The van der Waals surface area contributed by atoms with Crippen LogP contribution in [0.1, 0.15) is 40.5 Å². The summed E-state index contributed by atoms with van der Waals surface area (Å²) in [5, 5.41) is 21.7. The maximum Gasteiger partial charge on any atom is 0.253 e. The molecular formula is C21H24N6O2. The number of fused-ring (bicyclic) bond motifs is 1. The smallest absolute Gasteiger partial charge is 0.253 e. The first kappa shape index (κ1) is 19.1. The molecule has 0 bridgehead atoms. The number of phenolic OH excluding ortho intramolecular Hbond substituents is 1. The number of hydrogen-bond acceptors (Lipinski definition) is 6. The van der Waals surface area contributed by atoms with E-state index in [9.17, 15) is 9.90 Å². The van der Waals surface area contributed by atoms with Crippen LogP contribution in [0.3, 0.4) is 0 Å². The van der Waals surface area contributed by atoms with Crippen molar-refractivity contribution in [2.45, 2.75) is 32.5 Å². The number of hydrogen-bond donors (Lipinski definition) is 2. The van der Waals surface area contributed by atoms with Crippen LogP contribution in [-0.2, 0) is 19.5 Å². The minimum atomic E-state index is -0.270. The molecule has 1 aliphatic rings. The molecule has 0 radical (unpaired) electrons. The average molecular weight is 392 g/mol. The lowest BCUT2D eigenvalue weighted by Crippen LogP contribution is -2.30. The molecule has 4 rings (SSSR count). The van der Waals surface area contributed by atoms with Gasteiger partial charge in [-0.05, 0) is 25.1 Å². The van der Waals surface area contributed by atoms with Gasteiger partial charge in [-0.3, -0.25) is 14.7 Å². The number of para-hydroxylation sites is 1. The van der Waals surface area contributed by atoms with Crippen molar-refractivity contribution in [2.75, 3.05) is 13.1 Å². The molecule has 0 spiro atoms. The number of carbonyl (C=O) groups excluding carboxylic acids is 1. The SMILES string of the molecule is C[C@@H](NC(=O)c1cccnc1)c1nnc2n1CCN(Cc1ccccc1O)CC2. The lowest BCUT2D eigenvalue weighted by Gasteiger charge is -2.20. The molecular weight excluding hydrogens is 368 g/mol. The lowest BCUT2D eigenvalue weighted by molar-refractivity contribution is 0.0937. The van der Waals surface area contributed by atoms with Gasteiger partial charge < -0.3 is 15.0 Å². The first-order valence-corrected chi connectivity index (χ1v) is 9.74. The fourth-order valence-electron chi connectivity index (χ4n) is 3.59. The van der Waals surface area contributed by atoms with E-state index in [2.05, 4.69) is 30.0 Å². The molecule has 0 saturated heterocycles. The van der Waals surface area contributed by atoms with Crippen molar-refractivity contribution in [1.29, 1.82) is 0 Å². The molecule has 2 N–H and O–H groups in total. The Hall–Kier alpha value is -3.26. The van der Waals surface area contributed by atoms with Crippen LogP contribution < -0.4 is 5.32 Å². The standard InChI is InChI=1S/C21H24N6O2/c1-15(23-21(29)16-6-4-9-22-13-16)20-25-24-19-8-10-26(11-12-27(19)20)14-17-5-2-3-7-18(17)28/h2-7,9,13,15,28H,8,10-12,14H2,1H3,(H,23,29)/t15-/m1/s1. The molecule has 0 saturated carbocycles. The molecule has 150 valence electrons. The fourth-order valence-corrected chi connectivity index (χ4v) is 3.59. The molecule has 0 unspecified atom stereocenters. The Morgan fingerprint density at radius 2 is 2.03 bits per heavy atom. The van der Waals surface area contributed by atoms with Crippen LogP contribution in [-0.4, -0.2) is 48.8 Å². The molecule has 1 amide bonds. The van der Waals surface area contributed by atoms with Gasteiger partial charge in [-0.15, -0.1) is 10.2 Å². The summed E-state index contributed by atoms with van der Waals surface area (Å²) in [6, 6.07) is 10.6. The minimum Gasteiger partial charge on any atom is -0.508 e. The maximum absolute atomic E-state index is 12.4. The van der Waals surface area contributed by atoms with Gasteiger partial charge in [0.1, 0.15) is 11.6 Å². The normalized spacial score (nSPS) is 15.3. The van der Waals surface area contributed by atoms with Crippen LogP contribution >= 0.6 is 0 Å². The van der Waals surface area contributed by atoms with Gasteiger partial charge in [0.2, 0.25) is 0 Å². The van der Waals surface area contributed by atoms with Crippen molar-refractivity contribution in [3.05, 3.63) is 71.6 Å². The predicted octanol–water partition coefficient (Wildman–Crippen LogP) is 1.93. The molecule has 2 aromatic heterocycles. The molecule has 3 heterocycles. The molecule has 1 aromatic carbocycles. The van der Waals surface area contributed by atoms with Gasteiger partial charge in [0.15, 0.2) is 5.82 Å². The molecule has 1 aliphatic heterocycles. The van der Waals surface area contributed by atoms with Gasteiger partial charge in [-0.2, -0.15) is 0 Å². The number of aromatic hydroxyl groups is 1. The lowest BCUT2D eigenvalue weighted by atomic mass is 10.2. The molecule has 3 aromatic rings. The molecule has 0 fully saturated rings. The van der Waals surface area contributed by atoms with E-state index in [1.165, 1.54) is 0 Å². The van der Waals surface area contributed by atoms with Crippen molar-refractivity contribution in [1.82, 2.24) is 30.0 Å². The molecule has 1 atom stereocenters. The summed E-state index contributed by atoms with van der Waals surface area (Å²) in [6.45, 7) is 4.99. The largest absolute Gasteiger partial charge is 0.508 e. The Bertz CT molecular complexity index is 988. The maximum atomic E-state index is 12.4. The number of nitrogens with one attached hydrogen (secondary N) is 1. The molecule has 29 heavy (non-hydrogen) atoms. The van der Waals surface area contributed by atoms with Crippen LogP contribution in [0.25, 0.3) is 0 Å². The highest BCUT2D eigenvalue weighted by molar-refractivity contribution is 5.93. The van der Waals surface area contributed by atoms with E-state index in [-0.39, 0.29) is 11.9 Å². The van der Waals surface area contributed by atoms with Gasteiger partial charge in [-0.1, -0.05) is 18.2 Å². The summed E-state index contributed by atoms with van der Waals surface area (Å²) in [7, 11) is 0. The highest BCUT2D eigenvalue weighted by atomic mass is 16.3. The van der Waals surface area contributed by atoms with Crippen molar-refractivity contribution in [3.63, 3.8) is 0 Å². The number of nitrogens with zero attached hydrogens (tertiary/aromatic N) is 5. The second-order valence-electron chi connectivity index (χ2n) is 7.22. The van der Waals surface area contributed by atoms with Crippen LogP contribution in [0.15, 0.2) is 48.8 Å². The number of rotatable bonds is 5. The van der Waals surface area contributed by atoms with E-state index in [4.69, 9.17) is 0 Å². The zero-order valence-electron chi connectivity index (χ0n) is 16.3. The highest BCUT2D eigenvalue weighted by Crippen LogP contribution is 2.20. The van der Waals surface area contributed by atoms with Crippen molar-refractivity contribution in [3.8, 4) is 5.75 Å². The summed E-state index contributed by atoms with van der Waals surface area (Å²) < 4.78 is 2.10. The number of aromatic nitrogens is 4. The van der Waals surface area contributed by atoms with Crippen molar-refractivity contribution in [2.24, 2.45) is 0 Å². The fraction of sp³-hybridized carbons (Fsp3) is 0.333. The van der Waals surface area contributed by atoms with Gasteiger partial charge in [0.05, 0.1) is 11.6 Å². The Morgan fingerprint density at radius 1 is 1.17 bits per heavy atom. The van der Waals surface area contributed by atoms with Crippen LogP contribution in [0.5, 0.6) is 5.75 Å². The van der Waals surface area contributed by atoms with E-state index < -0.39 is 0 Å². The van der Waals surface area contributed by atoms with E-state index in [0.29, 0.717) is 17.9 Å². The van der Waals surface area contributed by atoms with Gasteiger partial charge in [0.25, 0.3) is 5.91 Å². The summed E-state index contributed by atoms with van der Waals surface area (Å²) in [6.07, 6.45) is 3.95. The topological polar surface area (TPSA) is 96.2 Å². The van der Waals surface area contributed by atoms with Crippen LogP contribution in [0, 0.1) is 0 Å². The van der Waals surface area contributed by atoms with E-state index in [0.717, 1.165) is 43.3 Å². The predicted molar refractivity (Wildman–Crippen MR) is 107 cm³/mol. The van der Waals surface area contributed by atoms with Crippen molar-refractivity contribution < 1.29 is 9.90 Å². The second kappa shape index (κ2) is 8.40. The second-order valence-corrected chi connectivity index (χ2v) is 7.22. The number of phenols is 1. The third kappa shape index (κ3) is 4.27. The number of carbonyl (C=O) groups is 1. The summed E-state index contributed by atoms with van der Waals surface area (Å²) in [5.41, 5.74) is 1.44. The average Bonchev–Trinajstić information content (AvgIpc) is 3.05. The quantitative estimate of drug-likeness (QED) is 0.689. The third-order valence-corrected chi connectivity index (χ3v) is 5.19. The highest BCUT2D eigenvalue weighted by Gasteiger charge is 2.23. The van der Waals surface area contributed by atoms with E-state index in [1.54, 1.807) is 30.6 Å². The molecule has 8 heteroatoms. The first-order chi connectivity index (χ1) is 14.1. The van der Waals surface area contributed by atoms with Gasteiger partial charge in [-0.25, -0.2) is 0 Å². The Balaban J connectivity index is 1.43. The van der Waals surface area contributed by atoms with E-state index in [1.807, 2.05) is 25.1 Å². The van der Waals surface area contributed by atoms with Gasteiger partial charge >= 0.3 is 0 Å². The van der Waals surface area contributed by atoms with Crippen LogP contribution in [0.4, 0.5) is 0 Å². The Kier molecular flexibility index (Phi) is 5.53. The zero-order valence-corrected chi connectivity index (χ0v) is 16.3. The summed E-state index contributed by atoms with van der Waals surface area (Å²) in [5.74, 6) is 1.81. The van der Waals surface area contributed by atoms with Crippen LogP contribution in [0.2, 0.25) is 0 Å². The number of amides is 1. The Labute approximate surface area is 169 Å². The zero-order chi connectivity index (χ0) is 20.2. The van der Waals surface area contributed by atoms with Gasteiger partial charge in [0, 0.05) is 50.6 Å². The molecule has 8 nitrogen and oxygen atoms in total. The van der Waals surface area contributed by atoms with E-state index >= 15 is 0 Å². The number of pyridine rings is 1. The minimum absolute atomic E-state index is 0.183. The summed E-state index contributed by atoms with van der Waals surface area (Å²) in [4.78, 5) is 18.7. The number of benzene rings is 1. The third-order valence-electron chi connectivity index (χ3n) is 5.19. The first-order valence-electron chi connectivity index (χ1n) is 9.74. The van der Waals surface area contributed by atoms with Crippen molar-refractivity contribution >= 4 is 5.91 Å². The summed E-state index contributed by atoms with van der Waals surface area (Å²) >= 11 is 0.